The molecule has 1 saturated heterocycles. The summed E-state index contributed by atoms with van der Waals surface area (Å²) < 4.78 is 20.5. The minimum atomic E-state index is -0.524. The van der Waals surface area contributed by atoms with Crippen molar-refractivity contribution in [1.29, 1.82) is 0 Å². The van der Waals surface area contributed by atoms with E-state index in [0.29, 0.717) is 12.8 Å². The van der Waals surface area contributed by atoms with Crippen LogP contribution in [0.1, 0.15) is 26.7 Å². The topological polar surface area (TPSA) is 94.5 Å². The number of hydrogen-bond donors (Lipinski definition) is 1. The molecule has 1 aliphatic rings. The predicted octanol–water partition coefficient (Wildman–Crippen LogP) is 0.520. The summed E-state index contributed by atoms with van der Waals surface area (Å²) in [4.78, 5) is 24.6. The molecular formula is C14H25NO7. The molecule has 0 radical (unpaired) electrons. The van der Waals surface area contributed by atoms with Gasteiger partial charge in [0.2, 0.25) is 0 Å². The summed E-state index contributed by atoms with van der Waals surface area (Å²) >= 11 is 0. The van der Waals surface area contributed by atoms with Gasteiger partial charge in [0.05, 0.1) is 31.4 Å². The quantitative estimate of drug-likeness (QED) is 0.540. The van der Waals surface area contributed by atoms with Crippen molar-refractivity contribution in [3.8, 4) is 0 Å². The number of amides is 1. The summed E-state index contributed by atoms with van der Waals surface area (Å²) in [6, 6.07) is -0.856. The van der Waals surface area contributed by atoms with E-state index < -0.39 is 24.1 Å². The van der Waals surface area contributed by atoms with Crippen LogP contribution in [0.25, 0.3) is 0 Å². The van der Waals surface area contributed by atoms with Crippen molar-refractivity contribution >= 4 is 12.1 Å². The van der Waals surface area contributed by atoms with Crippen LogP contribution in [-0.2, 0) is 23.7 Å². The molecule has 1 rings (SSSR count). The number of esters is 1. The van der Waals surface area contributed by atoms with Crippen LogP contribution in [0.5, 0.6) is 0 Å². The highest BCUT2D eigenvalue weighted by molar-refractivity contribution is 5.69. The summed E-state index contributed by atoms with van der Waals surface area (Å²) in [6.07, 6.45) is 0.230. The van der Waals surface area contributed by atoms with Crippen LogP contribution in [0, 0.1) is 0 Å². The van der Waals surface area contributed by atoms with E-state index in [2.05, 4.69) is 0 Å². The molecule has 128 valence electrons. The maximum atomic E-state index is 12.1. The van der Waals surface area contributed by atoms with E-state index in [4.69, 9.17) is 18.9 Å². The third-order valence-electron chi connectivity index (χ3n) is 3.45. The fourth-order valence-electron chi connectivity index (χ4n) is 2.55. The molecule has 1 heterocycles. The van der Waals surface area contributed by atoms with E-state index in [1.54, 1.807) is 6.92 Å². The molecule has 3 atom stereocenters. The van der Waals surface area contributed by atoms with Crippen molar-refractivity contribution in [2.75, 3.05) is 33.7 Å². The number of ether oxygens (including phenoxy) is 4. The Bertz CT molecular complexity index is 363. The number of aliphatic hydroxyl groups is 1. The fraction of sp³-hybridized carbons (Fsp3) is 0.857. The van der Waals surface area contributed by atoms with Crippen LogP contribution < -0.4 is 0 Å². The minimum Gasteiger partial charge on any atom is -0.464 e. The average molecular weight is 319 g/mol. The number of nitrogens with zero attached hydrogens (tertiary/aromatic N) is 1. The molecule has 0 aliphatic carbocycles. The highest BCUT2D eigenvalue weighted by Gasteiger charge is 2.40. The second kappa shape index (κ2) is 9.60. The highest BCUT2D eigenvalue weighted by Crippen LogP contribution is 2.26. The summed E-state index contributed by atoms with van der Waals surface area (Å²) in [5.41, 5.74) is 0. The number of hydrogen-bond acceptors (Lipinski definition) is 7. The fourth-order valence-corrected chi connectivity index (χ4v) is 2.55. The van der Waals surface area contributed by atoms with E-state index in [9.17, 15) is 14.7 Å². The summed E-state index contributed by atoms with van der Waals surface area (Å²) in [5.74, 6) is -0.427. The SMILES string of the molecule is CCOC(=O)N1[C@H](CO)C[C@H](OCOC)C[C@@H]1COC(C)=O. The normalized spacial score (nSPS) is 24.9. The molecule has 0 aromatic heterocycles. The van der Waals surface area contributed by atoms with Crippen molar-refractivity contribution in [1.82, 2.24) is 4.90 Å². The number of methoxy groups -OCH3 is 1. The van der Waals surface area contributed by atoms with Crippen molar-refractivity contribution in [3.05, 3.63) is 0 Å². The van der Waals surface area contributed by atoms with Gasteiger partial charge in [0.25, 0.3) is 0 Å². The Morgan fingerprint density at radius 2 is 1.91 bits per heavy atom. The maximum Gasteiger partial charge on any atom is 0.410 e. The zero-order valence-corrected chi connectivity index (χ0v) is 13.3. The first-order valence-corrected chi connectivity index (χ1v) is 7.33. The monoisotopic (exact) mass is 319 g/mol. The highest BCUT2D eigenvalue weighted by atomic mass is 16.7. The Labute approximate surface area is 130 Å². The molecule has 1 fully saturated rings. The van der Waals surface area contributed by atoms with Gasteiger partial charge in [-0.25, -0.2) is 4.79 Å². The molecule has 1 N–H and O–H groups in total. The minimum absolute atomic E-state index is 0.0392. The number of carbonyl (C=O) groups excluding carboxylic acids is 2. The number of rotatable bonds is 7. The van der Waals surface area contributed by atoms with Crippen LogP contribution in [0.4, 0.5) is 4.79 Å². The smallest absolute Gasteiger partial charge is 0.410 e. The first-order chi connectivity index (χ1) is 10.5. The second-order valence-corrected chi connectivity index (χ2v) is 5.07. The lowest BCUT2D eigenvalue weighted by atomic mass is 9.94. The van der Waals surface area contributed by atoms with Gasteiger partial charge in [-0.15, -0.1) is 0 Å². The van der Waals surface area contributed by atoms with Gasteiger partial charge in [-0.1, -0.05) is 0 Å². The molecule has 1 amide bonds. The Balaban J connectivity index is 2.82. The standard InChI is InChI=1S/C14H25NO7/c1-4-20-14(18)15-11(7-16)5-13(22-9-19-3)6-12(15)8-21-10(2)17/h11-13,16H,4-9H2,1-3H3/t11-,12+,13-/m0/s1. The molecule has 0 unspecified atom stereocenters. The van der Waals surface area contributed by atoms with Crippen molar-refractivity contribution < 1.29 is 33.6 Å². The zero-order valence-electron chi connectivity index (χ0n) is 13.3. The van der Waals surface area contributed by atoms with Gasteiger partial charge in [-0.3, -0.25) is 9.69 Å². The number of aliphatic hydroxyl groups excluding tert-OH is 1. The summed E-state index contributed by atoms with van der Waals surface area (Å²) in [7, 11) is 1.52. The first kappa shape index (κ1) is 18.7. The van der Waals surface area contributed by atoms with E-state index in [0.717, 1.165) is 0 Å². The van der Waals surface area contributed by atoms with Gasteiger partial charge in [0.1, 0.15) is 13.4 Å². The van der Waals surface area contributed by atoms with Gasteiger partial charge in [-0.05, 0) is 19.8 Å². The predicted molar refractivity (Wildman–Crippen MR) is 76.1 cm³/mol. The molecule has 8 heteroatoms. The van der Waals surface area contributed by atoms with E-state index in [1.165, 1.54) is 18.9 Å². The van der Waals surface area contributed by atoms with Crippen LogP contribution in [-0.4, -0.2) is 74.0 Å². The number of likely N-dealkylation sites (tertiary alicyclic amines) is 1. The molecule has 22 heavy (non-hydrogen) atoms. The molecule has 1 aliphatic heterocycles. The molecule has 0 bridgehead atoms. The van der Waals surface area contributed by atoms with E-state index in [1.807, 2.05) is 0 Å². The molecule has 8 nitrogen and oxygen atoms in total. The lowest BCUT2D eigenvalue weighted by Gasteiger charge is -2.43. The molecule has 0 saturated carbocycles. The Morgan fingerprint density at radius 3 is 2.45 bits per heavy atom. The van der Waals surface area contributed by atoms with E-state index in [-0.39, 0.29) is 32.7 Å². The largest absolute Gasteiger partial charge is 0.464 e. The Hall–Kier alpha value is -1.38. The molecule has 0 aromatic rings. The number of piperidine rings is 1. The van der Waals surface area contributed by atoms with Crippen LogP contribution in [0.15, 0.2) is 0 Å². The summed E-state index contributed by atoms with van der Waals surface area (Å²) in [5, 5.41) is 9.57. The molecule has 0 aromatic carbocycles. The maximum absolute atomic E-state index is 12.1. The second-order valence-electron chi connectivity index (χ2n) is 5.07. The van der Waals surface area contributed by atoms with E-state index >= 15 is 0 Å². The van der Waals surface area contributed by atoms with Crippen LogP contribution >= 0.6 is 0 Å². The Kier molecular flexibility index (Phi) is 8.15. The van der Waals surface area contributed by atoms with Gasteiger partial charge < -0.3 is 24.1 Å². The molecular weight excluding hydrogens is 294 g/mol. The van der Waals surface area contributed by atoms with Crippen molar-refractivity contribution in [3.63, 3.8) is 0 Å². The number of carbonyl (C=O) groups is 2. The lowest BCUT2D eigenvalue weighted by molar-refractivity contribution is -0.147. The summed E-state index contributed by atoms with van der Waals surface area (Å²) in [6.45, 7) is 3.20. The van der Waals surface area contributed by atoms with Gasteiger partial charge in [0, 0.05) is 14.0 Å². The third-order valence-corrected chi connectivity index (χ3v) is 3.45. The lowest BCUT2D eigenvalue weighted by Crippen LogP contribution is -2.57. The van der Waals surface area contributed by atoms with Gasteiger partial charge in [-0.2, -0.15) is 0 Å². The van der Waals surface area contributed by atoms with Gasteiger partial charge in [0.15, 0.2) is 0 Å². The first-order valence-electron chi connectivity index (χ1n) is 7.33. The van der Waals surface area contributed by atoms with Crippen molar-refractivity contribution in [2.45, 2.75) is 44.9 Å². The van der Waals surface area contributed by atoms with Crippen LogP contribution in [0.2, 0.25) is 0 Å². The Morgan fingerprint density at radius 1 is 1.23 bits per heavy atom. The van der Waals surface area contributed by atoms with Crippen LogP contribution in [0.3, 0.4) is 0 Å². The zero-order chi connectivity index (χ0) is 16.5. The average Bonchev–Trinajstić information content (AvgIpc) is 2.50. The van der Waals surface area contributed by atoms with Gasteiger partial charge >= 0.3 is 12.1 Å². The molecule has 0 spiro atoms. The third kappa shape index (κ3) is 5.43. The van der Waals surface area contributed by atoms with Crippen molar-refractivity contribution in [2.24, 2.45) is 0 Å².